The van der Waals surface area contributed by atoms with Crippen molar-refractivity contribution in [1.82, 2.24) is 29.9 Å². The normalized spacial score (nSPS) is 9.93. The molecule has 0 amide bonds. The van der Waals surface area contributed by atoms with Crippen molar-refractivity contribution in [2.45, 2.75) is 13.0 Å². The van der Waals surface area contributed by atoms with Crippen LogP contribution in [-0.4, -0.2) is 29.9 Å². The van der Waals surface area contributed by atoms with E-state index in [1.807, 2.05) is 6.07 Å². The van der Waals surface area contributed by atoms with Crippen molar-refractivity contribution in [2.75, 3.05) is 0 Å². The summed E-state index contributed by atoms with van der Waals surface area (Å²) in [5.41, 5.74) is 0. The van der Waals surface area contributed by atoms with Gasteiger partial charge < -0.3 is 0 Å². The second kappa shape index (κ2) is 3.66. The number of aromatic amines is 1. The number of nitrogens with zero attached hydrogens (tertiary/aromatic N) is 6. The Balaban J connectivity index is 2.07. The van der Waals surface area contributed by atoms with Crippen LogP contribution in [-0.2, 0) is 13.0 Å². The van der Waals surface area contributed by atoms with Crippen LogP contribution in [0.25, 0.3) is 0 Å². The Bertz CT molecular complexity index is 435. The maximum Gasteiger partial charge on any atom is 0.164 e. The Labute approximate surface area is 79.4 Å². The summed E-state index contributed by atoms with van der Waals surface area (Å²) in [5, 5.41) is 18.9. The van der Waals surface area contributed by atoms with E-state index in [4.69, 9.17) is 5.26 Å². The third-order valence-electron chi connectivity index (χ3n) is 1.59. The van der Waals surface area contributed by atoms with Gasteiger partial charge in [-0.3, -0.25) is 5.10 Å². The van der Waals surface area contributed by atoms with E-state index in [9.17, 15) is 0 Å². The van der Waals surface area contributed by atoms with Crippen LogP contribution < -0.4 is 0 Å². The fourth-order valence-electron chi connectivity index (χ4n) is 1.02. The molecule has 0 atom stereocenters. The quantitative estimate of drug-likeness (QED) is 0.702. The number of nitriles is 1. The molecule has 0 saturated heterocycles. The lowest BCUT2D eigenvalue weighted by Gasteiger charge is -1.93. The lowest BCUT2D eigenvalue weighted by Crippen LogP contribution is -2.01. The predicted octanol–water partition coefficient (Wildman–Crippen LogP) is -0.489. The van der Waals surface area contributed by atoms with Crippen LogP contribution in [0.5, 0.6) is 0 Å². The highest BCUT2D eigenvalue weighted by Crippen LogP contribution is 1.95. The fourth-order valence-corrected chi connectivity index (χ4v) is 1.02. The monoisotopic (exact) mass is 189 g/mol. The van der Waals surface area contributed by atoms with Crippen molar-refractivity contribution >= 4 is 0 Å². The van der Waals surface area contributed by atoms with Gasteiger partial charge in [0, 0.05) is 0 Å². The van der Waals surface area contributed by atoms with Gasteiger partial charge in [-0.15, -0.1) is 0 Å². The third-order valence-corrected chi connectivity index (χ3v) is 1.59. The van der Waals surface area contributed by atoms with Gasteiger partial charge in [-0.1, -0.05) is 0 Å². The molecule has 2 heterocycles. The first-order chi connectivity index (χ1) is 6.88. The van der Waals surface area contributed by atoms with E-state index in [0.29, 0.717) is 18.2 Å². The van der Waals surface area contributed by atoms with Gasteiger partial charge in [0.25, 0.3) is 0 Å². The Morgan fingerprint density at radius 3 is 3.21 bits per heavy atom. The highest BCUT2D eigenvalue weighted by Gasteiger charge is 2.02. The molecule has 2 rings (SSSR count). The maximum atomic E-state index is 8.41. The molecule has 0 radical (unpaired) electrons. The fraction of sp³-hybridized carbons (Fsp3) is 0.286. The molecular weight excluding hydrogens is 182 g/mol. The summed E-state index contributed by atoms with van der Waals surface area (Å²) in [6.07, 6.45) is 3.26. The molecule has 70 valence electrons. The van der Waals surface area contributed by atoms with Crippen molar-refractivity contribution in [3.63, 3.8) is 0 Å². The molecule has 0 aliphatic rings. The molecule has 0 aliphatic carbocycles. The molecule has 14 heavy (non-hydrogen) atoms. The summed E-state index contributed by atoms with van der Waals surface area (Å²) in [5.74, 6) is 1.17. The van der Waals surface area contributed by atoms with Crippen LogP contribution >= 0.6 is 0 Å². The lowest BCUT2D eigenvalue weighted by molar-refractivity contribution is 0.655. The molecule has 0 unspecified atom stereocenters. The van der Waals surface area contributed by atoms with Gasteiger partial charge in [-0.05, 0) is 0 Å². The molecule has 0 saturated carbocycles. The maximum absolute atomic E-state index is 8.41. The average Bonchev–Trinajstić information content (AvgIpc) is 2.79. The van der Waals surface area contributed by atoms with E-state index < -0.39 is 0 Å². The number of H-pyrrole nitrogens is 1. The van der Waals surface area contributed by atoms with Crippen LogP contribution in [0, 0.1) is 11.3 Å². The molecule has 7 nitrogen and oxygen atoms in total. The summed E-state index contributed by atoms with van der Waals surface area (Å²) in [4.78, 5) is 7.90. The van der Waals surface area contributed by atoms with Gasteiger partial charge in [-0.25, -0.2) is 14.6 Å². The number of aromatic nitrogens is 6. The highest BCUT2D eigenvalue weighted by atomic mass is 15.3. The molecule has 0 aromatic carbocycles. The van der Waals surface area contributed by atoms with E-state index in [1.165, 1.54) is 6.33 Å². The van der Waals surface area contributed by atoms with Gasteiger partial charge in [-0.2, -0.15) is 15.5 Å². The summed E-state index contributed by atoms with van der Waals surface area (Å²) < 4.78 is 1.62. The number of rotatable bonds is 3. The Kier molecular flexibility index (Phi) is 2.19. The zero-order valence-corrected chi connectivity index (χ0v) is 7.25. The van der Waals surface area contributed by atoms with Crippen molar-refractivity contribution < 1.29 is 0 Å². The molecule has 2 aromatic heterocycles. The Hall–Kier alpha value is -2.23. The van der Waals surface area contributed by atoms with E-state index >= 15 is 0 Å². The third kappa shape index (κ3) is 1.74. The minimum Gasteiger partial charge on any atom is -0.261 e. The summed E-state index contributed by atoms with van der Waals surface area (Å²) in [6, 6.07) is 1.98. The molecule has 0 bridgehead atoms. The van der Waals surface area contributed by atoms with Crippen LogP contribution in [0.2, 0.25) is 0 Å². The summed E-state index contributed by atoms with van der Waals surface area (Å²) in [6.45, 7) is 0.485. The van der Waals surface area contributed by atoms with Crippen molar-refractivity contribution in [3.05, 3.63) is 24.3 Å². The van der Waals surface area contributed by atoms with E-state index in [1.54, 1.807) is 11.0 Å². The Morgan fingerprint density at radius 1 is 1.57 bits per heavy atom. The van der Waals surface area contributed by atoms with Gasteiger partial charge in [0.2, 0.25) is 0 Å². The Morgan fingerprint density at radius 2 is 2.50 bits per heavy atom. The first kappa shape index (κ1) is 8.37. The first-order valence-corrected chi connectivity index (χ1v) is 3.98. The number of hydrogen-bond acceptors (Lipinski definition) is 5. The second-order valence-electron chi connectivity index (χ2n) is 2.63. The zero-order chi connectivity index (χ0) is 9.80. The molecule has 0 spiro atoms. The molecule has 0 aliphatic heterocycles. The number of hydrogen-bond donors (Lipinski definition) is 1. The van der Waals surface area contributed by atoms with Crippen molar-refractivity contribution in [3.8, 4) is 6.07 Å². The summed E-state index contributed by atoms with van der Waals surface area (Å²) in [7, 11) is 0. The predicted molar refractivity (Wildman–Crippen MR) is 44.8 cm³/mol. The minimum absolute atomic E-state index is 0.216. The molecule has 7 heteroatoms. The lowest BCUT2D eigenvalue weighted by atomic mass is 10.4. The van der Waals surface area contributed by atoms with Crippen LogP contribution in [0.4, 0.5) is 0 Å². The molecule has 2 aromatic rings. The number of nitrogens with one attached hydrogen (secondary N) is 1. The standard InChI is InChI=1S/C7H7N7/c8-2-1-6-11-7(13-12-6)3-14-5-9-4-10-14/h4-5H,1,3H2,(H,11,12,13). The zero-order valence-electron chi connectivity index (χ0n) is 7.25. The van der Waals surface area contributed by atoms with Crippen LogP contribution in [0.1, 0.15) is 11.6 Å². The molecule has 1 N–H and O–H groups in total. The van der Waals surface area contributed by atoms with Crippen LogP contribution in [0.3, 0.4) is 0 Å². The average molecular weight is 189 g/mol. The largest absolute Gasteiger partial charge is 0.261 e. The minimum atomic E-state index is 0.216. The smallest absolute Gasteiger partial charge is 0.164 e. The van der Waals surface area contributed by atoms with E-state index in [2.05, 4.69) is 25.3 Å². The molecule has 0 fully saturated rings. The van der Waals surface area contributed by atoms with Gasteiger partial charge in [0.15, 0.2) is 5.82 Å². The van der Waals surface area contributed by atoms with Gasteiger partial charge in [0.05, 0.1) is 12.5 Å². The van der Waals surface area contributed by atoms with E-state index in [-0.39, 0.29) is 6.42 Å². The van der Waals surface area contributed by atoms with Gasteiger partial charge in [0.1, 0.15) is 25.0 Å². The van der Waals surface area contributed by atoms with Gasteiger partial charge >= 0.3 is 0 Å². The van der Waals surface area contributed by atoms with E-state index in [0.717, 1.165) is 0 Å². The van der Waals surface area contributed by atoms with Crippen LogP contribution in [0.15, 0.2) is 12.7 Å². The first-order valence-electron chi connectivity index (χ1n) is 3.98. The molecular formula is C7H7N7. The second-order valence-corrected chi connectivity index (χ2v) is 2.63. The van der Waals surface area contributed by atoms with Crippen molar-refractivity contribution in [2.24, 2.45) is 0 Å². The van der Waals surface area contributed by atoms with Crippen molar-refractivity contribution in [1.29, 1.82) is 5.26 Å². The summed E-state index contributed by atoms with van der Waals surface area (Å²) >= 11 is 0. The highest BCUT2D eigenvalue weighted by molar-refractivity contribution is 4.96. The SMILES string of the molecule is N#CCc1n[nH]c(Cn2cncn2)n1. The topological polar surface area (TPSA) is 96.1 Å².